The van der Waals surface area contributed by atoms with Gasteiger partial charge >= 0.3 is 6.36 Å². The number of hydrogen-bond acceptors (Lipinski definition) is 7. The molecule has 1 N–H and O–H groups in total. The highest BCUT2D eigenvalue weighted by atomic mass is 32.2. The Morgan fingerprint density at radius 2 is 1.74 bits per heavy atom. The fourth-order valence-corrected chi connectivity index (χ4v) is 4.48. The zero-order valence-electron chi connectivity index (χ0n) is 18.5. The number of halogens is 3. The van der Waals surface area contributed by atoms with E-state index in [0.717, 1.165) is 23.1 Å². The monoisotopic (exact) mass is 511 g/mol. The third-order valence-electron chi connectivity index (χ3n) is 5.41. The molecule has 0 unspecified atom stereocenters. The maximum Gasteiger partial charge on any atom is 0.573 e. The number of sulfonamides is 1. The number of nitrogens with zero attached hydrogens (tertiary/aromatic N) is 4. The first-order chi connectivity index (χ1) is 16.3. The molecule has 0 radical (unpaired) electrons. The van der Waals surface area contributed by atoms with Crippen molar-refractivity contribution in [1.29, 1.82) is 0 Å². The summed E-state index contributed by atoms with van der Waals surface area (Å²) in [6.07, 6.45) is -2.18. The van der Waals surface area contributed by atoms with Crippen molar-refractivity contribution in [2.75, 3.05) is 18.1 Å². The van der Waals surface area contributed by atoms with Gasteiger partial charge in [0, 0.05) is 37.5 Å². The van der Waals surface area contributed by atoms with Crippen LogP contribution in [0.15, 0.2) is 52.2 Å². The topological polar surface area (TPSA) is 116 Å². The molecule has 10 nitrogen and oxygen atoms in total. The minimum atomic E-state index is -4.87. The summed E-state index contributed by atoms with van der Waals surface area (Å²) in [6, 6.07) is 7.68. The van der Waals surface area contributed by atoms with Crippen molar-refractivity contribution in [3.63, 3.8) is 0 Å². The Morgan fingerprint density at radius 1 is 1.06 bits per heavy atom. The number of aryl methyl sites for hydroxylation is 1. The molecule has 2 aromatic heterocycles. The molecule has 3 aromatic rings. The Labute approximate surface area is 197 Å². The summed E-state index contributed by atoms with van der Waals surface area (Å²) in [6.45, 7) is -0.0684. The van der Waals surface area contributed by atoms with Crippen LogP contribution in [0.3, 0.4) is 0 Å². The maximum absolute atomic E-state index is 13.2. The molecule has 0 amide bonds. The normalized spacial score (nSPS) is 14.4. The third kappa shape index (κ3) is 5.22. The minimum absolute atomic E-state index is 0.0655. The Balaban J connectivity index is 1.84. The van der Waals surface area contributed by atoms with E-state index in [9.17, 15) is 31.2 Å². The van der Waals surface area contributed by atoms with Crippen molar-refractivity contribution in [3.05, 3.63) is 74.4 Å². The molecule has 1 aliphatic heterocycles. The van der Waals surface area contributed by atoms with E-state index in [4.69, 9.17) is 0 Å². The van der Waals surface area contributed by atoms with E-state index in [-0.39, 0.29) is 47.8 Å². The number of alkyl halides is 3. The largest absolute Gasteiger partial charge is 0.573 e. The highest BCUT2D eigenvalue weighted by Crippen LogP contribution is 2.27. The number of nitrogens with one attached hydrogen (secondary N) is 1. The van der Waals surface area contributed by atoms with E-state index in [1.807, 2.05) is 0 Å². The molecule has 1 aliphatic rings. The van der Waals surface area contributed by atoms with Gasteiger partial charge < -0.3 is 14.6 Å². The molecule has 0 saturated carbocycles. The Hall–Kier alpha value is -3.65. The van der Waals surface area contributed by atoms with Gasteiger partial charge in [0.1, 0.15) is 11.4 Å². The number of pyridine rings is 1. The SMILES string of the molecule is Cn1cccc(Nc2nn(-c3ccc(OC(F)(F)F)cc3)c(=O)c3c2CN(S(C)(=O)=O)CC3)c1=O. The van der Waals surface area contributed by atoms with Crippen LogP contribution < -0.4 is 21.2 Å². The Bertz CT molecular complexity index is 1500. The number of fused-ring (bicyclic) bond motifs is 1. The van der Waals surface area contributed by atoms with Gasteiger partial charge in [0.25, 0.3) is 11.1 Å². The number of aromatic nitrogens is 3. The van der Waals surface area contributed by atoms with Crippen molar-refractivity contribution in [2.24, 2.45) is 7.05 Å². The summed E-state index contributed by atoms with van der Waals surface area (Å²) in [5.74, 6) is -0.394. The second-order valence-electron chi connectivity index (χ2n) is 7.87. The van der Waals surface area contributed by atoms with Crippen LogP contribution in [-0.4, -0.2) is 46.2 Å². The van der Waals surface area contributed by atoms with Crippen LogP contribution in [0, 0.1) is 0 Å². The fourth-order valence-electron chi connectivity index (χ4n) is 3.69. The number of anilines is 2. The average Bonchev–Trinajstić information content (AvgIpc) is 2.77. The zero-order chi connectivity index (χ0) is 25.5. The van der Waals surface area contributed by atoms with Gasteiger partial charge in [-0.15, -0.1) is 18.3 Å². The van der Waals surface area contributed by atoms with Crippen molar-refractivity contribution in [3.8, 4) is 11.4 Å². The molecule has 4 rings (SSSR count). The van der Waals surface area contributed by atoms with Crippen LogP contribution in [0.25, 0.3) is 5.69 Å². The lowest BCUT2D eigenvalue weighted by atomic mass is 10.0. The van der Waals surface area contributed by atoms with Gasteiger partial charge in [-0.3, -0.25) is 9.59 Å². The quantitative estimate of drug-likeness (QED) is 0.556. The highest BCUT2D eigenvalue weighted by molar-refractivity contribution is 7.88. The van der Waals surface area contributed by atoms with Crippen LogP contribution in [0.4, 0.5) is 24.7 Å². The lowest BCUT2D eigenvalue weighted by Crippen LogP contribution is -2.40. The van der Waals surface area contributed by atoms with Gasteiger partial charge in [-0.05, 0) is 42.8 Å². The van der Waals surface area contributed by atoms with Crippen LogP contribution in [0.1, 0.15) is 11.1 Å². The molecule has 0 spiro atoms. The van der Waals surface area contributed by atoms with Gasteiger partial charge in [0.05, 0.1) is 11.9 Å². The molecule has 3 heterocycles. The first-order valence-electron chi connectivity index (χ1n) is 10.2. The molecular weight excluding hydrogens is 491 g/mol. The second kappa shape index (κ2) is 8.85. The fraction of sp³-hybridized carbons (Fsp3) is 0.286. The van der Waals surface area contributed by atoms with Crippen LogP contribution in [-0.2, 0) is 30.0 Å². The molecule has 14 heteroatoms. The van der Waals surface area contributed by atoms with Crippen molar-refractivity contribution in [1.82, 2.24) is 18.7 Å². The number of ether oxygens (including phenoxy) is 1. The van der Waals surface area contributed by atoms with Gasteiger partial charge in [0.15, 0.2) is 5.82 Å². The van der Waals surface area contributed by atoms with Gasteiger partial charge in [-0.1, -0.05) is 0 Å². The standard InChI is InChI=1S/C21H20F3N5O5S/c1-27-10-3-4-17(20(27)31)25-18-16-12-28(35(2,32)33)11-9-15(16)19(30)29(26-18)13-5-7-14(8-6-13)34-21(22,23)24/h3-8,10H,9,11-12H2,1-2H3,(H,25,26). The lowest BCUT2D eigenvalue weighted by molar-refractivity contribution is -0.274. The summed E-state index contributed by atoms with van der Waals surface area (Å²) in [5, 5.41) is 7.20. The predicted octanol–water partition coefficient (Wildman–Crippen LogP) is 1.89. The predicted molar refractivity (Wildman–Crippen MR) is 120 cm³/mol. The molecule has 1 aromatic carbocycles. The Morgan fingerprint density at radius 3 is 2.37 bits per heavy atom. The number of hydrogen-bond donors (Lipinski definition) is 1. The van der Waals surface area contributed by atoms with Crippen LogP contribution in [0.5, 0.6) is 5.75 Å². The Kier molecular flexibility index (Phi) is 6.19. The second-order valence-corrected chi connectivity index (χ2v) is 9.86. The summed E-state index contributed by atoms with van der Waals surface area (Å²) < 4.78 is 69.1. The average molecular weight is 511 g/mol. The van der Waals surface area contributed by atoms with E-state index < -0.39 is 27.7 Å². The van der Waals surface area contributed by atoms with E-state index in [1.165, 1.54) is 27.1 Å². The van der Waals surface area contributed by atoms with Crippen LogP contribution >= 0.6 is 0 Å². The number of rotatable bonds is 5. The molecule has 0 atom stereocenters. The maximum atomic E-state index is 13.2. The summed E-state index contributed by atoms with van der Waals surface area (Å²) in [5.41, 5.74) is -0.0480. The third-order valence-corrected chi connectivity index (χ3v) is 6.66. The first kappa shape index (κ1) is 24.5. The van der Waals surface area contributed by atoms with E-state index in [0.29, 0.717) is 5.56 Å². The van der Waals surface area contributed by atoms with Crippen LogP contribution in [0.2, 0.25) is 0 Å². The minimum Gasteiger partial charge on any atom is -0.406 e. The summed E-state index contributed by atoms with van der Waals surface area (Å²) >= 11 is 0. The smallest absolute Gasteiger partial charge is 0.406 e. The highest BCUT2D eigenvalue weighted by Gasteiger charge is 2.31. The van der Waals surface area contributed by atoms with Crippen molar-refractivity contribution < 1.29 is 26.3 Å². The van der Waals surface area contributed by atoms with E-state index in [2.05, 4.69) is 15.2 Å². The van der Waals surface area contributed by atoms with Gasteiger partial charge in [-0.25, -0.2) is 8.42 Å². The summed E-state index contributed by atoms with van der Waals surface area (Å²) in [7, 11) is -2.02. The van der Waals surface area contributed by atoms with Gasteiger partial charge in [0.2, 0.25) is 10.0 Å². The first-order valence-corrected chi connectivity index (χ1v) is 12.1. The van der Waals surface area contributed by atoms with Crippen molar-refractivity contribution >= 4 is 21.5 Å². The molecular formula is C21H20F3N5O5S. The number of benzene rings is 1. The lowest BCUT2D eigenvalue weighted by Gasteiger charge is -2.28. The molecule has 0 saturated heterocycles. The van der Waals surface area contributed by atoms with E-state index in [1.54, 1.807) is 19.3 Å². The molecule has 186 valence electrons. The molecule has 35 heavy (non-hydrogen) atoms. The van der Waals surface area contributed by atoms with Gasteiger partial charge in [-0.2, -0.15) is 8.99 Å². The van der Waals surface area contributed by atoms with E-state index >= 15 is 0 Å². The molecule has 0 bridgehead atoms. The summed E-state index contributed by atoms with van der Waals surface area (Å²) in [4.78, 5) is 25.8. The molecule has 0 fully saturated rings. The zero-order valence-corrected chi connectivity index (χ0v) is 19.4. The molecule has 0 aliphatic carbocycles. The van der Waals surface area contributed by atoms with Crippen molar-refractivity contribution in [2.45, 2.75) is 19.3 Å².